The van der Waals surface area contributed by atoms with E-state index in [1.54, 1.807) is 55.5 Å². The topological polar surface area (TPSA) is 75.7 Å². The minimum atomic E-state index is -1.24. The van der Waals surface area contributed by atoms with Crippen LogP contribution in [0.5, 0.6) is 0 Å². The molecule has 1 aliphatic rings. The standard InChI is InChI=1S/C18H15BrN2O4/c1-2-25-18(24)15(20-12-9-7-11(19)8-10-12)21-16(22)13-5-3-4-6-14(13)17(21)23/h3-10,15,20H,2H2,1H3. The number of rotatable bonds is 5. The lowest BCUT2D eigenvalue weighted by Gasteiger charge is -2.26. The lowest BCUT2D eigenvalue weighted by Crippen LogP contribution is -2.50. The number of ether oxygens (including phenoxy) is 1. The zero-order chi connectivity index (χ0) is 18.0. The minimum Gasteiger partial charge on any atom is -0.463 e. The third-order valence-electron chi connectivity index (χ3n) is 3.74. The van der Waals surface area contributed by atoms with Crippen molar-refractivity contribution in [3.8, 4) is 0 Å². The molecule has 25 heavy (non-hydrogen) atoms. The quantitative estimate of drug-likeness (QED) is 0.614. The Kier molecular flexibility index (Phi) is 4.85. The summed E-state index contributed by atoms with van der Waals surface area (Å²) in [6, 6.07) is 13.5. The number of hydrogen-bond donors (Lipinski definition) is 1. The number of nitrogens with zero attached hydrogens (tertiary/aromatic N) is 1. The first kappa shape index (κ1) is 17.2. The van der Waals surface area contributed by atoms with Crippen molar-refractivity contribution in [3.05, 3.63) is 64.1 Å². The minimum absolute atomic E-state index is 0.139. The first-order chi connectivity index (χ1) is 12.0. The van der Waals surface area contributed by atoms with E-state index in [0.29, 0.717) is 5.69 Å². The average molecular weight is 403 g/mol. The van der Waals surface area contributed by atoms with E-state index in [4.69, 9.17) is 4.74 Å². The third-order valence-corrected chi connectivity index (χ3v) is 4.27. The Hall–Kier alpha value is -2.67. The van der Waals surface area contributed by atoms with Gasteiger partial charge in [0.05, 0.1) is 17.7 Å². The van der Waals surface area contributed by atoms with E-state index >= 15 is 0 Å². The number of imide groups is 1. The predicted octanol–water partition coefficient (Wildman–Crippen LogP) is 3.05. The molecule has 0 aromatic heterocycles. The number of halogens is 1. The van der Waals surface area contributed by atoms with Crippen molar-refractivity contribution in [2.75, 3.05) is 11.9 Å². The van der Waals surface area contributed by atoms with Crippen LogP contribution in [0.4, 0.5) is 5.69 Å². The summed E-state index contributed by atoms with van der Waals surface area (Å²) in [7, 11) is 0. The second-order valence-electron chi connectivity index (χ2n) is 5.33. The molecule has 0 bridgehead atoms. The molecule has 0 aliphatic carbocycles. The highest BCUT2D eigenvalue weighted by atomic mass is 79.9. The molecule has 2 aromatic rings. The normalized spacial score (nSPS) is 14.2. The Bertz CT molecular complexity index is 800. The zero-order valence-corrected chi connectivity index (χ0v) is 14.9. The molecule has 0 spiro atoms. The molecule has 1 unspecified atom stereocenters. The molecule has 0 saturated carbocycles. The maximum absolute atomic E-state index is 12.7. The summed E-state index contributed by atoms with van der Waals surface area (Å²) in [6.45, 7) is 1.80. The van der Waals surface area contributed by atoms with Gasteiger partial charge < -0.3 is 10.1 Å². The Morgan fingerprint density at radius 3 is 2.16 bits per heavy atom. The van der Waals surface area contributed by atoms with Crippen molar-refractivity contribution in [2.24, 2.45) is 0 Å². The Morgan fingerprint density at radius 2 is 1.64 bits per heavy atom. The van der Waals surface area contributed by atoms with E-state index in [2.05, 4.69) is 21.2 Å². The molecule has 1 aliphatic heterocycles. The van der Waals surface area contributed by atoms with Gasteiger partial charge in [-0.15, -0.1) is 0 Å². The molecule has 0 fully saturated rings. The second kappa shape index (κ2) is 7.06. The van der Waals surface area contributed by atoms with E-state index in [1.165, 1.54) is 0 Å². The highest BCUT2D eigenvalue weighted by Gasteiger charge is 2.43. The highest BCUT2D eigenvalue weighted by Crippen LogP contribution is 2.26. The number of amides is 2. The number of esters is 1. The lowest BCUT2D eigenvalue weighted by molar-refractivity contribution is -0.146. The van der Waals surface area contributed by atoms with Crippen molar-refractivity contribution in [2.45, 2.75) is 13.1 Å². The van der Waals surface area contributed by atoms with Crippen molar-refractivity contribution in [1.82, 2.24) is 4.90 Å². The zero-order valence-electron chi connectivity index (χ0n) is 13.4. The molecule has 0 radical (unpaired) electrons. The van der Waals surface area contributed by atoms with Gasteiger partial charge in [-0.05, 0) is 43.3 Å². The summed E-state index contributed by atoms with van der Waals surface area (Å²) in [5.41, 5.74) is 1.14. The van der Waals surface area contributed by atoms with Gasteiger partial charge >= 0.3 is 5.97 Å². The van der Waals surface area contributed by atoms with Crippen LogP contribution in [-0.4, -0.2) is 35.5 Å². The summed E-state index contributed by atoms with van der Waals surface area (Å²) in [4.78, 5) is 38.6. The molecule has 0 saturated heterocycles. The van der Waals surface area contributed by atoms with Gasteiger partial charge in [0.25, 0.3) is 11.8 Å². The van der Waals surface area contributed by atoms with Crippen molar-refractivity contribution in [1.29, 1.82) is 0 Å². The molecule has 7 heteroatoms. The van der Waals surface area contributed by atoms with E-state index in [-0.39, 0.29) is 17.7 Å². The van der Waals surface area contributed by atoms with E-state index in [9.17, 15) is 14.4 Å². The summed E-state index contributed by atoms with van der Waals surface area (Å²) in [5.74, 6) is -1.74. The predicted molar refractivity (Wildman–Crippen MR) is 95.1 cm³/mol. The number of anilines is 1. The van der Waals surface area contributed by atoms with Gasteiger partial charge in [0.15, 0.2) is 0 Å². The van der Waals surface area contributed by atoms with Crippen LogP contribution in [0.3, 0.4) is 0 Å². The fourth-order valence-corrected chi connectivity index (χ4v) is 2.86. The van der Waals surface area contributed by atoms with Crippen molar-refractivity contribution >= 4 is 39.4 Å². The van der Waals surface area contributed by atoms with Gasteiger partial charge in [-0.1, -0.05) is 28.1 Å². The van der Waals surface area contributed by atoms with Gasteiger partial charge in [0.2, 0.25) is 6.17 Å². The van der Waals surface area contributed by atoms with Crippen LogP contribution in [-0.2, 0) is 9.53 Å². The number of carbonyl (C=O) groups is 3. The molecule has 2 amide bonds. The first-order valence-electron chi connectivity index (χ1n) is 7.68. The average Bonchev–Trinajstić information content (AvgIpc) is 2.86. The first-order valence-corrected chi connectivity index (χ1v) is 8.48. The number of fused-ring (bicyclic) bond motifs is 1. The van der Waals surface area contributed by atoms with Crippen molar-refractivity contribution < 1.29 is 19.1 Å². The maximum Gasteiger partial charge on any atom is 0.350 e. The molecule has 1 N–H and O–H groups in total. The summed E-state index contributed by atoms with van der Waals surface area (Å²) in [6.07, 6.45) is -1.24. The van der Waals surface area contributed by atoms with Gasteiger partial charge in [-0.3, -0.25) is 9.59 Å². The van der Waals surface area contributed by atoms with Crippen LogP contribution >= 0.6 is 15.9 Å². The molecule has 1 atom stereocenters. The van der Waals surface area contributed by atoms with Crippen LogP contribution < -0.4 is 5.32 Å². The number of hydrogen-bond acceptors (Lipinski definition) is 5. The number of carbonyl (C=O) groups excluding carboxylic acids is 3. The van der Waals surface area contributed by atoms with Gasteiger partial charge in [0.1, 0.15) is 0 Å². The molecule has 128 valence electrons. The fourth-order valence-electron chi connectivity index (χ4n) is 2.60. The third kappa shape index (κ3) is 3.28. The maximum atomic E-state index is 12.7. The van der Waals surface area contributed by atoms with E-state index in [0.717, 1.165) is 9.37 Å². The molecular weight excluding hydrogens is 388 g/mol. The molecular formula is C18H15BrN2O4. The van der Waals surface area contributed by atoms with Crippen molar-refractivity contribution in [3.63, 3.8) is 0 Å². The van der Waals surface area contributed by atoms with Gasteiger partial charge in [0, 0.05) is 10.2 Å². The Labute approximate surface area is 152 Å². The lowest BCUT2D eigenvalue weighted by atomic mass is 10.1. The van der Waals surface area contributed by atoms with Crippen LogP contribution in [0.1, 0.15) is 27.6 Å². The fraction of sp³-hybridized carbons (Fsp3) is 0.167. The molecule has 1 heterocycles. The monoisotopic (exact) mass is 402 g/mol. The van der Waals surface area contributed by atoms with E-state index in [1.807, 2.05) is 0 Å². The number of benzene rings is 2. The van der Waals surface area contributed by atoms with Crippen LogP contribution in [0.2, 0.25) is 0 Å². The van der Waals surface area contributed by atoms with Crippen LogP contribution in [0.15, 0.2) is 53.0 Å². The Balaban J connectivity index is 1.95. The highest BCUT2D eigenvalue weighted by molar-refractivity contribution is 9.10. The van der Waals surface area contributed by atoms with Crippen LogP contribution in [0, 0.1) is 0 Å². The van der Waals surface area contributed by atoms with Gasteiger partial charge in [-0.25, -0.2) is 9.69 Å². The molecule has 3 rings (SSSR count). The Morgan fingerprint density at radius 1 is 1.08 bits per heavy atom. The molecule has 6 nitrogen and oxygen atoms in total. The molecule has 2 aromatic carbocycles. The largest absolute Gasteiger partial charge is 0.463 e. The SMILES string of the molecule is CCOC(=O)C(Nc1ccc(Br)cc1)N1C(=O)c2ccccc2C1=O. The second-order valence-corrected chi connectivity index (χ2v) is 6.25. The van der Waals surface area contributed by atoms with E-state index < -0.39 is 23.9 Å². The van der Waals surface area contributed by atoms with Crippen LogP contribution in [0.25, 0.3) is 0 Å². The summed E-state index contributed by atoms with van der Waals surface area (Å²) >= 11 is 3.33. The summed E-state index contributed by atoms with van der Waals surface area (Å²) in [5, 5.41) is 2.92. The smallest absolute Gasteiger partial charge is 0.350 e. The number of nitrogens with one attached hydrogen (secondary N) is 1. The van der Waals surface area contributed by atoms with Gasteiger partial charge in [-0.2, -0.15) is 0 Å². The summed E-state index contributed by atoms with van der Waals surface area (Å²) < 4.78 is 5.92.